The summed E-state index contributed by atoms with van der Waals surface area (Å²) >= 11 is 6.30. The second-order valence-corrected chi connectivity index (χ2v) is 6.83. The fourth-order valence-electron chi connectivity index (χ4n) is 2.83. The summed E-state index contributed by atoms with van der Waals surface area (Å²) in [7, 11) is 0. The molecule has 5 nitrogen and oxygen atoms in total. The molecule has 1 heterocycles. The number of carbonyl (C=O) groups is 1. The van der Waals surface area contributed by atoms with Crippen molar-refractivity contribution in [1.82, 2.24) is 15.3 Å². The van der Waals surface area contributed by atoms with Gasteiger partial charge in [0.05, 0.1) is 10.7 Å². The molecular weight excluding hydrogens is 379 g/mol. The normalized spacial score (nSPS) is 10.6. The van der Waals surface area contributed by atoms with Gasteiger partial charge in [-0.3, -0.25) is 4.79 Å². The minimum Gasteiger partial charge on any atom is -0.350 e. The molecule has 1 amide bonds. The molecule has 0 atom stereocenters. The van der Waals surface area contributed by atoms with Crippen LogP contribution >= 0.6 is 11.6 Å². The van der Waals surface area contributed by atoms with E-state index < -0.39 is 0 Å². The molecule has 0 saturated carbocycles. The first-order chi connectivity index (χ1) is 13.4. The molecule has 0 spiro atoms. The highest BCUT2D eigenvalue weighted by molar-refractivity contribution is 6.33. The van der Waals surface area contributed by atoms with Crippen LogP contribution in [0.1, 0.15) is 27.2 Å². The molecule has 28 heavy (non-hydrogen) atoms. The van der Waals surface area contributed by atoms with Crippen LogP contribution in [0.25, 0.3) is 0 Å². The smallest absolute Gasteiger partial charge is 0.270 e. The fraction of sp³-hybridized carbons (Fsp3) is 0.190. The third kappa shape index (κ3) is 4.84. The van der Waals surface area contributed by atoms with E-state index >= 15 is 0 Å². The van der Waals surface area contributed by atoms with Gasteiger partial charge in [-0.1, -0.05) is 35.9 Å². The molecule has 144 valence electrons. The number of nitrogens with zero attached hydrogens (tertiary/aromatic N) is 2. The molecule has 3 rings (SSSR count). The number of amides is 1. The SMILES string of the molecule is Cc1cc(C)c(Nc2nccc(C(=O)NCCc3ccccc3F)n2)c(Cl)c1. The Kier molecular flexibility index (Phi) is 6.21. The molecule has 3 aromatic rings. The van der Waals surface area contributed by atoms with Gasteiger partial charge in [-0.25, -0.2) is 14.4 Å². The molecule has 0 saturated heterocycles. The van der Waals surface area contributed by atoms with Crippen molar-refractivity contribution in [1.29, 1.82) is 0 Å². The minimum absolute atomic E-state index is 0.215. The highest BCUT2D eigenvalue weighted by Gasteiger charge is 2.11. The van der Waals surface area contributed by atoms with Gasteiger partial charge >= 0.3 is 0 Å². The van der Waals surface area contributed by atoms with E-state index in [4.69, 9.17) is 11.6 Å². The molecule has 0 fully saturated rings. The number of aryl methyl sites for hydroxylation is 2. The van der Waals surface area contributed by atoms with Gasteiger partial charge in [0.2, 0.25) is 5.95 Å². The maximum absolute atomic E-state index is 13.6. The van der Waals surface area contributed by atoms with Crippen molar-refractivity contribution < 1.29 is 9.18 Å². The first-order valence-corrected chi connectivity index (χ1v) is 9.20. The number of hydrogen-bond donors (Lipinski definition) is 2. The largest absolute Gasteiger partial charge is 0.350 e. The molecule has 0 radical (unpaired) electrons. The van der Waals surface area contributed by atoms with Crippen LogP contribution < -0.4 is 10.6 Å². The molecule has 7 heteroatoms. The van der Waals surface area contributed by atoms with E-state index in [2.05, 4.69) is 20.6 Å². The van der Waals surface area contributed by atoms with Gasteiger partial charge in [-0.05, 0) is 55.2 Å². The van der Waals surface area contributed by atoms with Crippen molar-refractivity contribution in [3.63, 3.8) is 0 Å². The lowest BCUT2D eigenvalue weighted by Crippen LogP contribution is -2.27. The minimum atomic E-state index is -0.353. The second-order valence-electron chi connectivity index (χ2n) is 6.43. The number of hydrogen-bond acceptors (Lipinski definition) is 4. The summed E-state index contributed by atoms with van der Waals surface area (Å²) in [4.78, 5) is 20.8. The molecule has 1 aromatic heterocycles. The summed E-state index contributed by atoms with van der Waals surface area (Å²) in [6.45, 7) is 4.20. The lowest BCUT2D eigenvalue weighted by atomic mass is 10.1. The number of carbonyl (C=O) groups excluding carboxylic acids is 1. The summed E-state index contributed by atoms with van der Waals surface area (Å²) in [6, 6.07) is 11.9. The lowest BCUT2D eigenvalue weighted by Gasteiger charge is -2.12. The van der Waals surface area contributed by atoms with Gasteiger partial charge in [-0.2, -0.15) is 0 Å². The number of aromatic nitrogens is 2. The lowest BCUT2D eigenvalue weighted by molar-refractivity contribution is 0.0949. The van der Waals surface area contributed by atoms with Crippen molar-refractivity contribution >= 4 is 29.1 Å². The second kappa shape index (κ2) is 8.80. The van der Waals surface area contributed by atoms with Crippen LogP contribution in [0.15, 0.2) is 48.7 Å². The average Bonchev–Trinajstić information content (AvgIpc) is 2.66. The zero-order valence-electron chi connectivity index (χ0n) is 15.6. The Labute approximate surface area is 168 Å². The molecule has 0 bridgehead atoms. The predicted molar refractivity (Wildman–Crippen MR) is 109 cm³/mol. The van der Waals surface area contributed by atoms with Crippen LogP contribution in [0.5, 0.6) is 0 Å². The molecule has 0 aliphatic rings. The summed E-state index contributed by atoms with van der Waals surface area (Å²) in [5.74, 6) is -0.361. The van der Waals surface area contributed by atoms with Crippen molar-refractivity contribution in [2.24, 2.45) is 0 Å². The number of benzene rings is 2. The first-order valence-electron chi connectivity index (χ1n) is 8.82. The molecule has 0 unspecified atom stereocenters. The van der Waals surface area contributed by atoms with E-state index in [1.165, 1.54) is 18.3 Å². The number of nitrogens with one attached hydrogen (secondary N) is 2. The third-order valence-corrected chi connectivity index (χ3v) is 4.49. The van der Waals surface area contributed by atoms with E-state index in [1.807, 2.05) is 26.0 Å². The van der Waals surface area contributed by atoms with E-state index in [0.29, 0.717) is 29.2 Å². The van der Waals surface area contributed by atoms with Crippen LogP contribution in [0.2, 0.25) is 5.02 Å². The first kappa shape index (κ1) is 19.8. The van der Waals surface area contributed by atoms with Gasteiger partial charge in [0, 0.05) is 12.7 Å². The third-order valence-electron chi connectivity index (χ3n) is 4.19. The van der Waals surface area contributed by atoms with E-state index in [0.717, 1.165) is 11.1 Å². The van der Waals surface area contributed by atoms with Crippen molar-refractivity contribution in [3.05, 3.63) is 81.9 Å². The Morgan fingerprint density at radius 1 is 1.18 bits per heavy atom. The van der Waals surface area contributed by atoms with Crippen LogP contribution in [0, 0.1) is 19.7 Å². The predicted octanol–water partition coefficient (Wildman–Crippen LogP) is 4.60. The summed E-state index contributed by atoms with van der Waals surface area (Å²) in [5, 5.41) is 6.37. The van der Waals surface area contributed by atoms with E-state index in [9.17, 15) is 9.18 Å². The van der Waals surface area contributed by atoms with Crippen molar-refractivity contribution in [2.75, 3.05) is 11.9 Å². The summed E-state index contributed by atoms with van der Waals surface area (Å²) < 4.78 is 13.6. The molecule has 0 aliphatic heterocycles. The zero-order valence-corrected chi connectivity index (χ0v) is 16.3. The standard InChI is InChI=1S/C21H20ClFN4O/c1-13-11-14(2)19(16(22)12-13)27-21-25-10-8-18(26-21)20(28)24-9-7-15-5-3-4-6-17(15)23/h3-6,8,10-12H,7,9H2,1-2H3,(H,24,28)(H,25,26,27). The Bertz CT molecular complexity index is 986. The highest BCUT2D eigenvalue weighted by atomic mass is 35.5. The zero-order chi connectivity index (χ0) is 20.1. The van der Waals surface area contributed by atoms with Crippen LogP contribution in [0.3, 0.4) is 0 Å². The number of halogens is 2. The van der Waals surface area contributed by atoms with E-state index in [1.54, 1.807) is 18.2 Å². The Morgan fingerprint density at radius 3 is 2.71 bits per heavy atom. The van der Waals surface area contributed by atoms with Crippen molar-refractivity contribution in [3.8, 4) is 0 Å². The van der Waals surface area contributed by atoms with Crippen LogP contribution in [-0.2, 0) is 6.42 Å². The Morgan fingerprint density at radius 2 is 1.96 bits per heavy atom. The molecular formula is C21H20ClFN4O. The van der Waals surface area contributed by atoms with Gasteiger partial charge < -0.3 is 10.6 Å². The van der Waals surface area contributed by atoms with Gasteiger partial charge in [0.1, 0.15) is 11.5 Å². The average molecular weight is 399 g/mol. The Hall–Kier alpha value is -2.99. The van der Waals surface area contributed by atoms with Gasteiger partial charge in [0.25, 0.3) is 5.91 Å². The summed E-state index contributed by atoms with van der Waals surface area (Å²) in [5.41, 5.74) is 3.47. The quantitative estimate of drug-likeness (QED) is 0.636. The number of anilines is 2. The highest BCUT2D eigenvalue weighted by Crippen LogP contribution is 2.29. The fourth-order valence-corrected chi connectivity index (χ4v) is 3.20. The molecule has 0 aliphatic carbocycles. The van der Waals surface area contributed by atoms with Crippen LogP contribution in [0.4, 0.5) is 16.0 Å². The molecule has 2 N–H and O–H groups in total. The Balaban J connectivity index is 1.66. The number of rotatable bonds is 6. The van der Waals surface area contributed by atoms with E-state index in [-0.39, 0.29) is 23.4 Å². The van der Waals surface area contributed by atoms with Gasteiger partial charge in [0.15, 0.2) is 0 Å². The van der Waals surface area contributed by atoms with Gasteiger partial charge in [-0.15, -0.1) is 0 Å². The summed E-state index contributed by atoms with van der Waals surface area (Å²) in [6.07, 6.45) is 1.89. The van der Waals surface area contributed by atoms with Crippen LogP contribution in [-0.4, -0.2) is 22.4 Å². The maximum atomic E-state index is 13.6. The maximum Gasteiger partial charge on any atom is 0.270 e. The monoisotopic (exact) mass is 398 g/mol. The van der Waals surface area contributed by atoms with Crippen molar-refractivity contribution in [2.45, 2.75) is 20.3 Å². The topological polar surface area (TPSA) is 66.9 Å². The molecule has 2 aromatic carbocycles.